The first-order valence-corrected chi connectivity index (χ1v) is 4.22. The van der Waals surface area contributed by atoms with Crippen LogP contribution in [0.4, 0.5) is 11.4 Å². The van der Waals surface area contributed by atoms with E-state index >= 15 is 0 Å². The second kappa shape index (κ2) is 4.06. The Morgan fingerprint density at radius 2 is 2.31 bits per heavy atom. The Bertz CT molecular complexity index is 341. The largest absolute Gasteiger partial charge is 0.397 e. The molecule has 0 radical (unpaired) electrons. The van der Waals surface area contributed by atoms with Crippen LogP contribution in [0.15, 0.2) is 18.2 Å². The van der Waals surface area contributed by atoms with Crippen LogP contribution in [0.1, 0.15) is 0 Å². The number of nitrogens with two attached hydrogens (primary N) is 1. The molecule has 0 heterocycles. The Labute approximate surface area is 83.3 Å². The Hall–Kier alpha value is -1.33. The van der Waals surface area contributed by atoms with E-state index < -0.39 is 0 Å². The average molecular weight is 195 g/mol. The number of halogens is 1. The van der Waals surface area contributed by atoms with E-state index in [-0.39, 0.29) is 0 Å². The highest BCUT2D eigenvalue weighted by Gasteiger charge is 2.03. The number of nitrogen functional groups attached to an aromatic ring is 1. The maximum Gasteiger partial charge on any atom is 0.0789 e. The van der Waals surface area contributed by atoms with Gasteiger partial charge in [0.05, 0.1) is 17.9 Å². The fourth-order valence-electron chi connectivity index (χ4n) is 1.07. The summed E-state index contributed by atoms with van der Waals surface area (Å²) in [4.78, 5) is 1.88. The summed E-state index contributed by atoms with van der Waals surface area (Å²) in [7, 11) is 1.88. The highest BCUT2D eigenvalue weighted by atomic mass is 35.5. The number of hydrogen-bond acceptors (Lipinski definition) is 2. The van der Waals surface area contributed by atoms with Gasteiger partial charge in [0.15, 0.2) is 0 Å². The number of rotatable bonds is 2. The first-order valence-electron chi connectivity index (χ1n) is 3.84. The van der Waals surface area contributed by atoms with Crippen molar-refractivity contribution < 1.29 is 0 Å². The van der Waals surface area contributed by atoms with Crippen LogP contribution in [-0.2, 0) is 0 Å². The fraction of sp³-hybridized carbons (Fsp3) is 0.200. The van der Waals surface area contributed by atoms with E-state index in [0.29, 0.717) is 17.3 Å². The van der Waals surface area contributed by atoms with Gasteiger partial charge in [-0.1, -0.05) is 17.5 Å². The first-order chi connectivity index (χ1) is 6.15. The van der Waals surface area contributed by atoms with Crippen LogP contribution in [0, 0.1) is 12.3 Å². The van der Waals surface area contributed by atoms with Gasteiger partial charge >= 0.3 is 0 Å². The van der Waals surface area contributed by atoms with Gasteiger partial charge in [-0.25, -0.2) is 0 Å². The number of nitrogens with zero attached hydrogens (tertiary/aromatic N) is 1. The minimum atomic E-state index is 0.518. The molecule has 1 aromatic rings. The van der Waals surface area contributed by atoms with Crippen LogP contribution in [0.25, 0.3) is 0 Å². The minimum Gasteiger partial charge on any atom is -0.397 e. The first kappa shape index (κ1) is 9.76. The monoisotopic (exact) mass is 194 g/mol. The third-order valence-electron chi connectivity index (χ3n) is 1.73. The van der Waals surface area contributed by atoms with Crippen molar-refractivity contribution in [2.75, 3.05) is 24.2 Å². The Morgan fingerprint density at radius 3 is 2.92 bits per heavy atom. The zero-order valence-corrected chi connectivity index (χ0v) is 8.17. The van der Waals surface area contributed by atoms with Crippen molar-refractivity contribution in [3.63, 3.8) is 0 Å². The van der Waals surface area contributed by atoms with Crippen LogP contribution in [0.2, 0.25) is 5.02 Å². The summed E-state index contributed by atoms with van der Waals surface area (Å²) in [6.07, 6.45) is 5.19. The molecule has 1 rings (SSSR count). The highest BCUT2D eigenvalue weighted by molar-refractivity contribution is 6.31. The smallest absolute Gasteiger partial charge is 0.0789 e. The van der Waals surface area contributed by atoms with E-state index in [1.54, 1.807) is 18.2 Å². The quantitative estimate of drug-likeness (QED) is 0.577. The molecule has 0 spiro atoms. The third kappa shape index (κ3) is 2.30. The second-order valence-corrected chi connectivity index (χ2v) is 3.20. The SMILES string of the molecule is C#CCN(C)c1cc(Cl)ccc1N. The maximum absolute atomic E-state index is 5.83. The van der Waals surface area contributed by atoms with Gasteiger partial charge in [-0.15, -0.1) is 6.42 Å². The number of hydrogen-bond donors (Lipinski definition) is 1. The lowest BCUT2D eigenvalue weighted by Gasteiger charge is -2.18. The molecule has 0 aromatic heterocycles. The van der Waals surface area contributed by atoms with Gasteiger partial charge in [0, 0.05) is 12.1 Å². The third-order valence-corrected chi connectivity index (χ3v) is 1.97. The van der Waals surface area contributed by atoms with E-state index in [1.807, 2.05) is 11.9 Å². The summed E-state index contributed by atoms with van der Waals surface area (Å²) >= 11 is 5.83. The molecule has 0 atom stereocenters. The summed E-state index contributed by atoms with van der Waals surface area (Å²) in [5.74, 6) is 2.54. The highest BCUT2D eigenvalue weighted by Crippen LogP contribution is 2.25. The molecule has 0 amide bonds. The molecule has 1 aromatic carbocycles. The van der Waals surface area contributed by atoms with Crippen LogP contribution >= 0.6 is 11.6 Å². The lowest BCUT2D eigenvalue weighted by molar-refractivity contribution is 1.05. The van der Waals surface area contributed by atoms with Crippen molar-refractivity contribution in [3.05, 3.63) is 23.2 Å². The van der Waals surface area contributed by atoms with Gasteiger partial charge in [0.1, 0.15) is 0 Å². The summed E-state index contributed by atoms with van der Waals surface area (Å²) in [5, 5.41) is 0.660. The summed E-state index contributed by atoms with van der Waals surface area (Å²) in [5.41, 5.74) is 7.30. The van der Waals surface area contributed by atoms with Gasteiger partial charge < -0.3 is 10.6 Å². The van der Waals surface area contributed by atoms with E-state index in [0.717, 1.165) is 5.69 Å². The molecular weight excluding hydrogens is 184 g/mol. The van der Waals surface area contributed by atoms with Gasteiger partial charge in [-0.3, -0.25) is 0 Å². The van der Waals surface area contributed by atoms with Crippen LogP contribution < -0.4 is 10.6 Å². The molecule has 68 valence electrons. The van der Waals surface area contributed by atoms with Crippen molar-refractivity contribution in [2.45, 2.75) is 0 Å². The molecule has 13 heavy (non-hydrogen) atoms. The van der Waals surface area contributed by atoms with E-state index in [2.05, 4.69) is 5.92 Å². The van der Waals surface area contributed by atoms with E-state index in [1.165, 1.54) is 0 Å². The fourth-order valence-corrected chi connectivity index (χ4v) is 1.24. The molecule has 0 aliphatic carbocycles. The molecule has 2 N–H and O–H groups in total. The van der Waals surface area contributed by atoms with Crippen molar-refractivity contribution in [1.82, 2.24) is 0 Å². The Balaban J connectivity index is 3.00. The zero-order valence-electron chi connectivity index (χ0n) is 7.42. The van der Waals surface area contributed by atoms with Crippen molar-refractivity contribution in [2.24, 2.45) is 0 Å². The van der Waals surface area contributed by atoms with E-state index in [9.17, 15) is 0 Å². The normalized spacial score (nSPS) is 9.31. The predicted octanol–water partition coefficient (Wildman–Crippen LogP) is 1.99. The summed E-state index contributed by atoms with van der Waals surface area (Å²) in [6, 6.07) is 5.32. The molecule has 0 saturated carbocycles. The van der Waals surface area contributed by atoms with E-state index in [4.69, 9.17) is 23.8 Å². The average Bonchev–Trinajstić information content (AvgIpc) is 2.09. The standard InChI is InChI=1S/C10H11ClN2/c1-3-6-13(2)10-7-8(11)4-5-9(10)12/h1,4-5,7H,6,12H2,2H3. The Kier molecular flexibility index (Phi) is 3.05. The lowest BCUT2D eigenvalue weighted by Crippen LogP contribution is -2.18. The molecule has 0 bridgehead atoms. The molecule has 0 aliphatic rings. The second-order valence-electron chi connectivity index (χ2n) is 2.76. The summed E-state index contributed by atoms with van der Waals surface area (Å²) in [6.45, 7) is 0.518. The molecule has 0 fully saturated rings. The van der Waals surface area contributed by atoms with Crippen molar-refractivity contribution >= 4 is 23.0 Å². The zero-order chi connectivity index (χ0) is 9.84. The molecule has 3 heteroatoms. The predicted molar refractivity (Wildman–Crippen MR) is 58.0 cm³/mol. The minimum absolute atomic E-state index is 0.518. The number of benzene rings is 1. The molecule has 0 unspecified atom stereocenters. The molecular formula is C10H11ClN2. The van der Waals surface area contributed by atoms with Gasteiger partial charge in [-0.2, -0.15) is 0 Å². The van der Waals surface area contributed by atoms with Crippen LogP contribution in [0.3, 0.4) is 0 Å². The maximum atomic E-state index is 5.83. The molecule has 2 nitrogen and oxygen atoms in total. The van der Waals surface area contributed by atoms with Gasteiger partial charge in [-0.05, 0) is 18.2 Å². The van der Waals surface area contributed by atoms with Crippen LogP contribution in [-0.4, -0.2) is 13.6 Å². The molecule has 0 saturated heterocycles. The van der Waals surface area contributed by atoms with Crippen LogP contribution in [0.5, 0.6) is 0 Å². The van der Waals surface area contributed by atoms with Gasteiger partial charge in [0.25, 0.3) is 0 Å². The lowest BCUT2D eigenvalue weighted by atomic mass is 10.2. The topological polar surface area (TPSA) is 29.3 Å². The van der Waals surface area contributed by atoms with Gasteiger partial charge in [0.2, 0.25) is 0 Å². The Morgan fingerprint density at radius 1 is 1.62 bits per heavy atom. The number of anilines is 2. The molecule has 0 aliphatic heterocycles. The van der Waals surface area contributed by atoms with Crippen molar-refractivity contribution in [3.8, 4) is 12.3 Å². The number of terminal acetylenes is 1. The van der Waals surface area contributed by atoms with Crippen molar-refractivity contribution in [1.29, 1.82) is 0 Å². The summed E-state index contributed by atoms with van der Waals surface area (Å²) < 4.78 is 0.